The van der Waals surface area contributed by atoms with Crippen molar-refractivity contribution in [2.75, 3.05) is 0 Å². The third-order valence-electron chi connectivity index (χ3n) is 2.57. The highest BCUT2D eigenvalue weighted by Crippen LogP contribution is 2.17. The number of rotatable bonds is 1. The molecule has 0 N–H and O–H groups in total. The van der Waals surface area contributed by atoms with E-state index >= 15 is 0 Å². The second-order valence-corrected chi connectivity index (χ2v) is 3.82. The average molecular weight is 209 g/mol. The Balaban J connectivity index is 2.18. The number of hydrogen-bond acceptors (Lipinski definition) is 2. The van der Waals surface area contributed by atoms with Crippen molar-refractivity contribution >= 4 is 5.65 Å². The van der Waals surface area contributed by atoms with Gasteiger partial charge in [-0.25, -0.2) is 9.50 Å². The van der Waals surface area contributed by atoms with Gasteiger partial charge in [0.1, 0.15) is 0 Å². The first-order valence-electron chi connectivity index (χ1n) is 5.20. The highest BCUT2D eigenvalue weighted by atomic mass is 15.2. The molecule has 16 heavy (non-hydrogen) atoms. The summed E-state index contributed by atoms with van der Waals surface area (Å²) in [6.45, 7) is 2.08. The minimum absolute atomic E-state index is 0.872. The molecule has 3 aromatic rings. The van der Waals surface area contributed by atoms with E-state index < -0.39 is 0 Å². The molecule has 0 aliphatic carbocycles. The van der Waals surface area contributed by atoms with E-state index in [1.54, 1.807) is 10.7 Å². The van der Waals surface area contributed by atoms with E-state index in [1.807, 2.05) is 24.4 Å². The molecule has 0 atom stereocenters. The lowest BCUT2D eigenvalue weighted by Crippen LogP contribution is -1.93. The van der Waals surface area contributed by atoms with Gasteiger partial charge in [-0.2, -0.15) is 5.10 Å². The fourth-order valence-corrected chi connectivity index (χ4v) is 1.77. The summed E-state index contributed by atoms with van der Waals surface area (Å²) in [6, 6.07) is 12.3. The van der Waals surface area contributed by atoms with Gasteiger partial charge in [-0.3, -0.25) is 0 Å². The summed E-state index contributed by atoms with van der Waals surface area (Å²) >= 11 is 0. The molecule has 0 aliphatic heterocycles. The molecule has 0 saturated heterocycles. The lowest BCUT2D eigenvalue weighted by molar-refractivity contribution is 0.942. The first kappa shape index (κ1) is 9.09. The molecule has 0 bridgehead atoms. The second-order valence-electron chi connectivity index (χ2n) is 3.82. The quantitative estimate of drug-likeness (QED) is 0.616. The molecule has 0 spiro atoms. The van der Waals surface area contributed by atoms with E-state index in [0.29, 0.717) is 0 Å². The summed E-state index contributed by atoms with van der Waals surface area (Å²) < 4.78 is 1.79. The van der Waals surface area contributed by atoms with Gasteiger partial charge in [0.2, 0.25) is 0 Å². The molecule has 2 aromatic heterocycles. The Morgan fingerprint density at radius 2 is 2.06 bits per heavy atom. The molecule has 0 aliphatic rings. The summed E-state index contributed by atoms with van der Waals surface area (Å²) in [7, 11) is 0. The summed E-state index contributed by atoms with van der Waals surface area (Å²) in [6.07, 6.45) is 3.61. The monoisotopic (exact) mass is 209 g/mol. The summed E-state index contributed by atoms with van der Waals surface area (Å²) in [4.78, 5) is 4.17. The molecule has 3 nitrogen and oxygen atoms in total. The van der Waals surface area contributed by atoms with Crippen LogP contribution in [-0.2, 0) is 0 Å². The number of imidazole rings is 1. The fourth-order valence-electron chi connectivity index (χ4n) is 1.77. The zero-order valence-corrected chi connectivity index (χ0v) is 8.96. The van der Waals surface area contributed by atoms with Gasteiger partial charge in [0.05, 0.1) is 5.69 Å². The Bertz CT molecular complexity index is 640. The highest BCUT2D eigenvalue weighted by Gasteiger charge is 2.01. The SMILES string of the molecule is Cc1cccc(-c2ccc3nccn3n2)c1. The van der Waals surface area contributed by atoms with Crippen molar-refractivity contribution in [3.05, 3.63) is 54.4 Å². The topological polar surface area (TPSA) is 30.2 Å². The van der Waals surface area contributed by atoms with E-state index in [1.165, 1.54) is 5.56 Å². The largest absolute Gasteiger partial charge is 0.236 e. The summed E-state index contributed by atoms with van der Waals surface area (Å²) in [5.41, 5.74) is 4.21. The zero-order valence-electron chi connectivity index (χ0n) is 8.96. The van der Waals surface area contributed by atoms with E-state index in [2.05, 4.69) is 35.2 Å². The number of aromatic nitrogens is 3. The fraction of sp³-hybridized carbons (Fsp3) is 0.0769. The van der Waals surface area contributed by atoms with Crippen LogP contribution in [0, 0.1) is 6.92 Å². The van der Waals surface area contributed by atoms with Gasteiger partial charge < -0.3 is 0 Å². The maximum atomic E-state index is 4.50. The predicted octanol–water partition coefficient (Wildman–Crippen LogP) is 2.70. The Labute approximate surface area is 93.4 Å². The lowest BCUT2D eigenvalue weighted by atomic mass is 10.1. The van der Waals surface area contributed by atoms with Crippen LogP contribution in [0.3, 0.4) is 0 Å². The van der Waals surface area contributed by atoms with Crippen LogP contribution in [0.15, 0.2) is 48.8 Å². The molecule has 78 valence electrons. The van der Waals surface area contributed by atoms with Gasteiger partial charge in [-0.1, -0.05) is 23.8 Å². The normalized spacial score (nSPS) is 10.8. The number of fused-ring (bicyclic) bond motifs is 1. The summed E-state index contributed by atoms with van der Waals surface area (Å²) in [5.74, 6) is 0. The first-order valence-corrected chi connectivity index (χ1v) is 5.20. The standard InChI is InChI=1S/C13H11N3/c1-10-3-2-4-11(9-10)12-5-6-13-14-7-8-16(13)15-12/h2-9H,1H3. The molecular weight excluding hydrogens is 198 g/mol. The van der Waals surface area contributed by atoms with Crippen LogP contribution >= 0.6 is 0 Å². The molecule has 1 aromatic carbocycles. The van der Waals surface area contributed by atoms with Gasteiger partial charge in [0.25, 0.3) is 0 Å². The van der Waals surface area contributed by atoms with Crippen LogP contribution in [0.25, 0.3) is 16.9 Å². The van der Waals surface area contributed by atoms with Crippen molar-refractivity contribution in [2.24, 2.45) is 0 Å². The maximum Gasteiger partial charge on any atom is 0.153 e. The molecule has 0 fully saturated rings. The minimum atomic E-state index is 0.872. The molecule has 3 heteroatoms. The number of aryl methyl sites for hydroxylation is 1. The first-order chi connectivity index (χ1) is 7.83. The van der Waals surface area contributed by atoms with Crippen molar-refractivity contribution in [1.82, 2.24) is 14.6 Å². The van der Waals surface area contributed by atoms with E-state index in [-0.39, 0.29) is 0 Å². The van der Waals surface area contributed by atoms with Crippen LogP contribution in [0.2, 0.25) is 0 Å². The summed E-state index contributed by atoms with van der Waals surface area (Å²) in [5, 5.41) is 4.50. The Morgan fingerprint density at radius 1 is 1.12 bits per heavy atom. The molecule has 3 rings (SSSR count). The van der Waals surface area contributed by atoms with Crippen LogP contribution in [-0.4, -0.2) is 14.6 Å². The third-order valence-corrected chi connectivity index (χ3v) is 2.57. The van der Waals surface area contributed by atoms with E-state index in [0.717, 1.165) is 16.9 Å². The van der Waals surface area contributed by atoms with Crippen LogP contribution in [0.4, 0.5) is 0 Å². The van der Waals surface area contributed by atoms with Gasteiger partial charge in [-0.15, -0.1) is 0 Å². The second kappa shape index (κ2) is 3.45. The van der Waals surface area contributed by atoms with Crippen LogP contribution in [0.5, 0.6) is 0 Å². The van der Waals surface area contributed by atoms with Crippen LogP contribution in [0.1, 0.15) is 5.56 Å². The average Bonchev–Trinajstić information content (AvgIpc) is 2.75. The van der Waals surface area contributed by atoms with Crippen LogP contribution < -0.4 is 0 Å². The highest BCUT2D eigenvalue weighted by molar-refractivity contribution is 5.60. The Kier molecular flexibility index (Phi) is 1.96. The number of benzene rings is 1. The molecule has 2 heterocycles. The van der Waals surface area contributed by atoms with Gasteiger partial charge in [0.15, 0.2) is 5.65 Å². The van der Waals surface area contributed by atoms with Gasteiger partial charge in [-0.05, 0) is 25.1 Å². The van der Waals surface area contributed by atoms with E-state index in [9.17, 15) is 0 Å². The smallest absolute Gasteiger partial charge is 0.153 e. The Hall–Kier alpha value is -2.16. The van der Waals surface area contributed by atoms with Crippen molar-refractivity contribution in [3.8, 4) is 11.3 Å². The van der Waals surface area contributed by atoms with Crippen molar-refractivity contribution in [2.45, 2.75) is 6.92 Å². The molecule has 0 radical (unpaired) electrons. The number of hydrogen-bond donors (Lipinski definition) is 0. The maximum absolute atomic E-state index is 4.50. The van der Waals surface area contributed by atoms with Gasteiger partial charge in [0, 0.05) is 18.0 Å². The molecular formula is C13H11N3. The Morgan fingerprint density at radius 3 is 2.94 bits per heavy atom. The zero-order chi connectivity index (χ0) is 11.0. The van der Waals surface area contributed by atoms with Crippen molar-refractivity contribution < 1.29 is 0 Å². The molecule has 0 unspecified atom stereocenters. The van der Waals surface area contributed by atoms with Gasteiger partial charge >= 0.3 is 0 Å². The molecule has 0 saturated carbocycles. The predicted molar refractivity (Wildman–Crippen MR) is 63.2 cm³/mol. The lowest BCUT2D eigenvalue weighted by Gasteiger charge is -2.02. The third kappa shape index (κ3) is 1.46. The van der Waals surface area contributed by atoms with Crippen molar-refractivity contribution in [1.29, 1.82) is 0 Å². The molecule has 0 amide bonds. The van der Waals surface area contributed by atoms with Crippen molar-refractivity contribution in [3.63, 3.8) is 0 Å². The number of nitrogens with zero attached hydrogens (tertiary/aromatic N) is 3. The minimum Gasteiger partial charge on any atom is -0.236 e. The van der Waals surface area contributed by atoms with E-state index in [4.69, 9.17) is 0 Å².